The van der Waals surface area contributed by atoms with Crippen LogP contribution >= 0.6 is 0 Å². The zero-order valence-electron chi connectivity index (χ0n) is 11.2. The minimum absolute atomic E-state index is 0.211. The van der Waals surface area contributed by atoms with Gasteiger partial charge in [0.1, 0.15) is 6.10 Å². The highest BCUT2D eigenvalue weighted by Crippen LogP contribution is 2.22. The lowest BCUT2D eigenvalue weighted by Crippen LogP contribution is -2.35. The van der Waals surface area contributed by atoms with E-state index in [0.29, 0.717) is 13.2 Å². The van der Waals surface area contributed by atoms with Crippen molar-refractivity contribution in [2.24, 2.45) is 0 Å². The van der Waals surface area contributed by atoms with Crippen molar-refractivity contribution in [2.75, 3.05) is 19.8 Å². The van der Waals surface area contributed by atoms with Gasteiger partial charge in [0.2, 0.25) is 6.17 Å². The van der Waals surface area contributed by atoms with E-state index in [1.54, 1.807) is 0 Å². The lowest BCUT2D eigenvalue weighted by molar-refractivity contribution is -0.146. The molecule has 0 aliphatic carbocycles. The molecule has 0 spiro atoms. The quantitative estimate of drug-likeness (QED) is 0.472. The van der Waals surface area contributed by atoms with Gasteiger partial charge in [-0.15, -0.1) is 0 Å². The van der Waals surface area contributed by atoms with Gasteiger partial charge in [-0.2, -0.15) is 0 Å². The molecule has 0 unspecified atom stereocenters. The molecule has 1 fully saturated rings. The van der Waals surface area contributed by atoms with E-state index in [4.69, 9.17) is 14.2 Å². The predicted octanol–water partition coefficient (Wildman–Crippen LogP) is 2.25. The standard InChI is InChI=1S/C13H23FO4/c1-3-5-7-16-9-10-12(17-8-6-4-2)11(14)13(15)18-10/h10-12H,3-9H2,1-2H3/t10-,11-,12-/m1/s1. The number of esters is 1. The van der Waals surface area contributed by atoms with Crippen LogP contribution in [-0.4, -0.2) is 44.2 Å². The summed E-state index contributed by atoms with van der Waals surface area (Å²) in [6.45, 7) is 5.35. The number of halogens is 1. The molecule has 1 aliphatic heterocycles. The Hall–Kier alpha value is -0.680. The monoisotopic (exact) mass is 262 g/mol. The SMILES string of the molecule is CCCCOC[C@H]1OC(=O)[C@H](F)[C@@H]1OCCCC. The van der Waals surface area contributed by atoms with Crippen molar-refractivity contribution < 1.29 is 23.4 Å². The zero-order valence-corrected chi connectivity index (χ0v) is 11.2. The maximum Gasteiger partial charge on any atom is 0.344 e. The van der Waals surface area contributed by atoms with Crippen molar-refractivity contribution in [3.05, 3.63) is 0 Å². The summed E-state index contributed by atoms with van der Waals surface area (Å²) in [5.41, 5.74) is 0. The molecule has 0 saturated carbocycles. The molecule has 0 bridgehead atoms. The molecular weight excluding hydrogens is 239 g/mol. The predicted molar refractivity (Wildman–Crippen MR) is 65.2 cm³/mol. The van der Waals surface area contributed by atoms with Gasteiger partial charge in [-0.3, -0.25) is 0 Å². The first-order chi connectivity index (χ1) is 8.70. The number of hydrogen-bond acceptors (Lipinski definition) is 4. The Balaban J connectivity index is 2.35. The smallest absolute Gasteiger partial charge is 0.344 e. The van der Waals surface area contributed by atoms with E-state index >= 15 is 0 Å². The van der Waals surface area contributed by atoms with Gasteiger partial charge in [0.25, 0.3) is 0 Å². The summed E-state index contributed by atoms with van der Waals surface area (Å²) < 4.78 is 29.3. The molecule has 1 heterocycles. The van der Waals surface area contributed by atoms with Gasteiger partial charge in [-0.05, 0) is 12.8 Å². The molecule has 0 radical (unpaired) electrons. The van der Waals surface area contributed by atoms with E-state index in [-0.39, 0.29) is 6.61 Å². The molecule has 1 saturated heterocycles. The third-order valence-corrected chi connectivity index (χ3v) is 2.88. The van der Waals surface area contributed by atoms with Gasteiger partial charge >= 0.3 is 5.97 Å². The van der Waals surface area contributed by atoms with Crippen LogP contribution in [0.2, 0.25) is 0 Å². The molecule has 0 aromatic rings. The van der Waals surface area contributed by atoms with Crippen molar-refractivity contribution in [2.45, 2.75) is 57.9 Å². The minimum Gasteiger partial charge on any atom is -0.455 e. The van der Waals surface area contributed by atoms with Crippen LogP contribution in [0.1, 0.15) is 39.5 Å². The fourth-order valence-electron chi connectivity index (χ4n) is 1.73. The Morgan fingerprint density at radius 1 is 1.22 bits per heavy atom. The number of carbonyl (C=O) groups excluding carboxylic acids is 1. The molecule has 0 aromatic carbocycles. The first-order valence-corrected chi connectivity index (χ1v) is 6.74. The Morgan fingerprint density at radius 2 is 1.89 bits per heavy atom. The molecule has 3 atom stereocenters. The third kappa shape index (κ3) is 4.53. The fraction of sp³-hybridized carbons (Fsp3) is 0.923. The molecule has 0 aromatic heterocycles. The second-order valence-corrected chi connectivity index (χ2v) is 4.49. The summed E-state index contributed by atoms with van der Waals surface area (Å²) in [5, 5.41) is 0. The van der Waals surface area contributed by atoms with Crippen LogP contribution in [0.4, 0.5) is 4.39 Å². The van der Waals surface area contributed by atoms with E-state index in [1.807, 2.05) is 6.92 Å². The Kier molecular flexibility index (Phi) is 7.20. The highest BCUT2D eigenvalue weighted by molar-refractivity contribution is 5.78. The maximum atomic E-state index is 13.6. The minimum atomic E-state index is -1.68. The van der Waals surface area contributed by atoms with Gasteiger partial charge in [0.05, 0.1) is 6.61 Å². The number of hydrogen-bond donors (Lipinski definition) is 0. The van der Waals surface area contributed by atoms with Crippen LogP contribution in [0, 0.1) is 0 Å². The maximum absolute atomic E-state index is 13.6. The van der Waals surface area contributed by atoms with E-state index in [9.17, 15) is 9.18 Å². The van der Waals surface area contributed by atoms with Crippen LogP contribution in [0.15, 0.2) is 0 Å². The van der Waals surface area contributed by atoms with Crippen molar-refractivity contribution in [3.63, 3.8) is 0 Å². The third-order valence-electron chi connectivity index (χ3n) is 2.88. The number of ether oxygens (including phenoxy) is 3. The van der Waals surface area contributed by atoms with Crippen molar-refractivity contribution in [1.82, 2.24) is 0 Å². The van der Waals surface area contributed by atoms with Gasteiger partial charge in [-0.1, -0.05) is 26.7 Å². The normalized spacial score (nSPS) is 27.5. The van der Waals surface area contributed by atoms with Gasteiger partial charge in [0, 0.05) is 13.2 Å². The second kappa shape index (κ2) is 8.43. The van der Waals surface area contributed by atoms with Gasteiger partial charge < -0.3 is 14.2 Å². The molecule has 0 amide bonds. The van der Waals surface area contributed by atoms with Gasteiger partial charge in [-0.25, -0.2) is 9.18 Å². The Bertz CT molecular complexity index is 247. The number of cyclic esters (lactones) is 1. The van der Waals surface area contributed by atoms with Crippen molar-refractivity contribution >= 4 is 5.97 Å². The first kappa shape index (κ1) is 15.4. The molecule has 1 rings (SSSR count). The fourth-order valence-corrected chi connectivity index (χ4v) is 1.73. The Morgan fingerprint density at radius 3 is 2.56 bits per heavy atom. The first-order valence-electron chi connectivity index (χ1n) is 6.74. The van der Waals surface area contributed by atoms with Crippen LogP contribution in [0.25, 0.3) is 0 Å². The number of rotatable bonds is 9. The highest BCUT2D eigenvalue weighted by Gasteiger charge is 2.46. The largest absolute Gasteiger partial charge is 0.455 e. The van der Waals surface area contributed by atoms with Crippen LogP contribution in [-0.2, 0) is 19.0 Å². The average molecular weight is 262 g/mol. The van der Waals surface area contributed by atoms with Crippen LogP contribution < -0.4 is 0 Å². The topological polar surface area (TPSA) is 44.8 Å². The van der Waals surface area contributed by atoms with Gasteiger partial charge in [0.15, 0.2) is 6.10 Å². The summed E-state index contributed by atoms with van der Waals surface area (Å²) in [6, 6.07) is 0. The molecule has 4 nitrogen and oxygen atoms in total. The molecule has 106 valence electrons. The highest BCUT2D eigenvalue weighted by atomic mass is 19.1. The van der Waals surface area contributed by atoms with E-state index < -0.39 is 24.3 Å². The van der Waals surface area contributed by atoms with Crippen molar-refractivity contribution in [1.29, 1.82) is 0 Å². The van der Waals surface area contributed by atoms with E-state index in [2.05, 4.69) is 6.92 Å². The molecular formula is C13H23FO4. The number of carbonyl (C=O) groups is 1. The van der Waals surface area contributed by atoms with E-state index in [0.717, 1.165) is 25.7 Å². The van der Waals surface area contributed by atoms with Crippen LogP contribution in [0.5, 0.6) is 0 Å². The second-order valence-electron chi connectivity index (χ2n) is 4.49. The molecule has 18 heavy (non-hydrogen) atoms. The summed E-state index contributed by atoms with van der Waals surface area (Å²) in [7, 11) is 0. The molecule has 5 heteroatoms. The summed E-state index contributed by atoms with van der Waals surface area (Å²) in [4.78, 5) is 11.2. The zero-order chi connectivity index (χ0) is 13.4. The van der Waals surface area contributed by atoms with Crippen molar-refractivity contribution in [3.8, 4) is 0 Å². The number of alkyl halides is 1. The molecule has 0 N–H and O–H groups in total. The lowest BCUT2D eigenvalue weighted by atomic mass is 10.1. The lowest BCUT2D eigenvalue weighted by Gasteiger charge is -2.18. The summed E-state index contributed by atoms with van der Waals surface area (Å²) >= 11 is 0. The number of unbranched alkanes of at least 4 members (excludes halogenated alkanes) is 2. The Labute approximate surface area is 108 Å². The summed E-state index contributed by atoms with van der Waals surface area (Å²) in [5.74, 6) is -0.833. The van der Waals surface area contributed by atoms with E-state index in [1.165, 1.54) is 0 Å². The average Bonchev–Trinajstić information content (AvgIpc) is 2.63. The summed E-state index contributed by atoms with van der Waals surface area (Å²) in [6.07, 6.45) is 0.693. The van der Waals surface area contributed by atoms with Crippen LogP contribution in [0.3, 0.4) is 0 Å². The molecule has 1 aliphatic rings.